The third-order valence-corrected chi connectivity index (χ3v) is 4.46. The molecular weight excluding hydrogens is 304 g/mol. The van der Waals surface area contributed by atoms with Crippen molar-refractivity contribution >= 4 is 6.09 Å². The highest BCUT2D eigenvalue weighted by Crippen LogP contribution is 2.30. The second-order valence-electron chi connectivity index (χ2n) is 7.61. The minimum Gasteiger partial charge on any atom is -0.490 e. The molecule has 2 heterocycles. The van der Waals surface area contributed by atoms with Crippen molar-refractivity contribution in [2.75, 3.05) is 19.6 Å². The van der Waals surface area contributed by atoms with Gasteiger partial charge in [0.25, 0.3) is 0 Å². The van der Waals surface area contributed by atoms with Crippen LogP contribution in [0, 0.1) is 0 Å². The minimum absolute atomic E-state index is 0.246. The maximum atomic E-state index is 12.4. The summed E-state index contributed by atoms with van der Waals surface area (Å²) in [6, 6.07) is 6.22. The number of ether oxygens (including phenoxy) is 2. The zero-order valence-electron chi connectivity index (χ0n) is 14.9. The lowest BCUT2D eigenvalue weighted by Crippen LogP contribution is -2.40. The molecule has 132 valence electrons. The molecule has 1 N–H and O–H groups in total. The Morgan fingerprint density at radius 3 is 2.71 bits per heavy atom. The number of carbonyl (C=O) groups excluding carboxylic acids is 1. The molecule has 0 aromatic heterocycles. The Balaban J connectivity index is 1.73. The second-order valence-corrected chi connectivity index (χ2v) is 7.61. The maximum Gasteiger partial charge on any atom is 0.410 e. The highest BCUT2D eigenvalue weighted by Gasteiger charge is 2.28. The van der Waals surface area contributed by atoms with Crippen LogP contribution in [0.1, 0.15) is 44.7 Å². The zero-order valence-corrected chi connectivity index (χ0v) is 14.9. The predicted octanol–water partition coefficient (Wildman–Crippen LogP) is 3.11. The van der Waals surface area contributed by atoms with Gasteiger partial charge >= 0.3 is 6.09 Å². The molecule has 1 aromatic rings. The summed E-state index contributed by atoms with van der Waals surface area (Å²) in [6.45, 7) is 8.95. The molecule has 0 bridgehead atoms. The van der Waals surface area contributed by atoms with E-state index in [4.69, 9.17) is 9.47 Å². The zero-order chi connectivity index (χ0) is 17.2. The van der Waals surface area contributed by atoms with Crippen LogP contribution in [0.15, 0.2) is 18.2 Å². The molecule has 2 aliphatic rings. The summed E-state index contributed by atoms with van der Waals surface area (Å²) >= 11 is 0. The fourth-order valence-corrected chi connectivity index (χ4v) is 3.24. The SMILES string of the molecule is CC(C)(C)OC(=O)N1CCc2cccc(OC3CCNCC3)c2C1. The van der Waals surface area contributed by atoms with Crippen LogP contribution in [0.25, 0.3) is 0 Å². The molecule has 5 heteroatoms. The summed E-state index contributed by atoms with van der Waals surface area (Å²) in [7, 11) is 0. The molecule has 0 unspecified atom stereocenters. The number of nitrogens with zero attached hydrogens (tertiary/aromatic N) is 1. The van der Waals surface area contributed by atoms with Gasteiger partial charge in [0.05, 0.1) is 6.54 Å². The van der Waals surface area contributed by atoms with E-state index in [1.807, 2.05) is 26.8 Å². The summed E-state index contributed by atoms with van der Waals surface area (Å²) in [6.07, 6.45) is 2.91. The number of rotatable bonds is 2. The molecule has 1 amide bonds. The van der Waals surface area contributed by atoms with E-state index >= 15 is 0 Å². The topological polar surface area (TPSA) is 50.8 Å². The average molecular weight is 332 g/mol. The highest BCUT2D eigenvalue weighted by atomic mass is 16.6. The Bertz CT molecular complexity index is 589. The van der Waals surface area contributed by atoms with Gasteiger partial charge in [0, 0.05) is 12.1 Å². The Hall–Kier alpha value is -1.75. The highest BCUT2D eigenvalue weighted by molar-refractivity contribution is 5.69. The van der Waals surface area contributed by atoms with Crippen molar-refractivity contribution in [3.8, 4) is 5.75 Å². The smallest absolute Gasteiger partial charge is 0.410 e. The minimum atomic E-state index is -0.470. The van der Waals surface area contributed by atoms with Crippen LogP contribution in [0.5, 0.6) is 5.75 Å². The number of carbonyl (C=O) groups is 1. The first-order valence-electron chi connectivity index (χ1n) is 8.88. The molecular formula is C19H28N2O3. The van der Waals surface area contributed by atoms with Crippen molar-refractivity contribution in [2.24, 2.45) is 0 Å². The normalized spacial score (nSPS) is 18.9. The fourth-order valence-electron chi connectivity index (χ4n) is 3.24. The van der Waals surface area contributed by atoms with Crippen LogP contribution >= 0.6 is 0 Å². The largest absolute Gasteiger partial charge is 0.490 e. The number of fused-ring (bicyclic) bond motifs is 1. The van der Waals surface area contributed by atoms with E-state index in [1.165, 1.54) is 5.56 Å². The van der Waals surface area contributed by atoms with Gasteiger partial charge in [0.15, 0.2) is 0 Å². The summed E-state index contributed by atoms with van der Waals surface area (Å²) in [5.74, 6) is 0.924. The van der Waals surface area contributed by atoms with Gasteiger partial charge < -0.3 is 19.7 Å². The number of amides is 1. The molecule has 0 aliphatic carbocycles. The Morgan fingerprint density at radius 1 is 1.25 bits per heavy atom. The number of nitrogens with one attached hydrogen (secondary N) is 1. The van der Waals surface area contributed by atoms with Gasteiger partial charge in [-0.2, -0.15) is 0 Å². The Morgan fingerprint density at radius 2 is 2.00 bits per heavy atom. The van der Waals surface area contributed by atoms with E-state index in [2.05, 4.69) is 17.4 Å². The lowest BCUT2D eigenvalue weighted by molar-refractivity contribution is 0.0221. The third-order valence-electron chi connectivity index (χ3n) is 4.46. The van der Waals surface area contributed by atoms with E-state index in [1.54, 1.807) is 4.90 Å². The van der Waals surface area contributed by atoms with Gasteiger partial charge in [-0.25, -0.2) is 4.79 Å². The monoisotopic (exact) mass is 332 g/mol. The molecule has 24 heavy (non-hydrogen) atoms. The molecule has 1 fully saturated rings. The van der Waals surface area contributed by atoms with E-state index in [9.17, 15) is 4.79 Å². The number of hydrogen-bond acceptors (Lipinski definition) is 4. The first kappa shape index (κ1) is 17.1. The Labute approximate surface area is 144 Å². The lowest BCUT2D eigenvalue weighted by Gasteiger charge is -2.33. The number of piperidine rings is 1. The van der Waals surface area contributed by atoms with Crippen molar-refractivity contribution in [3.05, 3.63) is 29.3 Å². The molecule has 5 nitrogen and oxygen atoms in total. The number of benzene rings is 1. The molecule has 3 rings (SSSR count). The summed E-state index contributed by atoms with van der Waals surface area (Å²) in [5, 5.41) is 3.36. The van der Waals surface area contributed by atoms with Crippen LogP contribution in [-0.4, -0.2) is 42.3 Å². The van der Waals surface area contributed by atoms with E-state index in [-0.39, 0.29) is 12.2 Å². The average Bonchev–Trinajstić information content (AvgIpc) is 2.54. The first-order valence-corrected chi connectivity index (χ1v) is 8.88. The van der Waals surface area contributed by atoms with Crippen LogP contribution in [0.2, 0.25) is 0 Å². The number of hydrogen-bond donors (Lipinski definition) is 1. The molecule has 0 spiro atoms. The van der Waals surface area contributed by atoms with Crippen LogP contribution in [0.4, 0.5) is 4.79 Å². The first-order chi connectivity index (χ1) is 11.4. The molecule has 0 atom stereocenters. The van der Waals surface area contributed by atoms with Crippen LogP contribution in [-0.2, 0) is 17.7 Å². The fraction of sp³-hybridized carbons (Fsp3) is 0.632. The van der Waals surface area contributed by atoms with Crippen molar-refractivity contribution in [2.45, 2.75) is 58.3 Å². The second kappa shape index (κ2) is 7.01. The quantitative estimate of drug-likeness (QED) is 0.904. The standard InChI is InChI=1S/C19H28N2O3/c1-19(2,3)24-18(22)21-12-9-14-5-4-6-17(16(14)13-21)23-15-7-10-20-11-8-15/h4-6,15,20H,7-13H2,1-3H3. The van der Waals surface area contributed by atoms with Gasteiger partial charge in [-0.3, -0.25) is 0 Å². The van der Waals surface area contributed by atoms with Crippen molar-refractivity contribution < 1.29 is 14.3 Å². The predicted molar refractivity (Wildman–Crippen MR) is 93.3 cm³/mol. The summed E-state index contributed by atoms with van der Waals surface area (Å²) in [4.78, 5) is 14.2. The third kappa shape index (κ3) is 4.20. The molecule has 0 saturated carbocycles. The van der Waals surface area contributed by atoms with Gasteiger partial charge in [-0.1, -0.05) is 12.1 Å². The van der Waals surface area contributed by atoms with Crippen molar-refractivity contribution in [1.82, 2.24) is 10.2 Å². The van der Waals surface area contributed by atoms with E-state index < -0.39 is 5.60 Å². The molecule has 0 radical (unpaired) electrons. The van der Waals surface area contributed by atoms with E-state index in [0.29, 0.717) is 13.1 Å². The van der Waals surface area contributed by atoms with Gasteiger partial charge in [-0.15, -0.1) is 0 Å². The van der Waals surface area contributed by atoms with Gasteiger partial charge in [0.2, 0.25) is 0 Å². The molecule has 2 aliphatic heterocycles. The van der Waals surface area contributed by atoms with Gasteiger partial charge in [-0.05, 0) is 64.8 Å². The summed E-state index contributed by atoms with van der Waals surface area (Å²) < 4.78 is 11.8. The molecule has 1 aromatic carbocycles. The van der Waals surface area contributed by atoms with Gasteiger partial charge in [0.1, 0.15) is 17.5 Å². The van der Waals surface area contributed by atoms with Crippen LogP contribution in [0.3, 0.4) is 0 Å². The Kier molecular flexibility index (Phi) is 4.99. The van der Waals surface area contributed by atoms with Crippen molar-refractivity contribution in [1.29, 1.82) is 0 Å². The lowest BCUT2D eigenvalue weighted by atomic mass is 9.98. The summed E-state index contributed by atoms with van der Waals surface area (Å²) in [5.41, 5.74) is 1.94. The van der Waals surface area contributed by atoms with Crippen LogP contribution < -0.4 is 10.1 Å². The van der Waals surface area contributed by atoms with Crippen molar-refractivity contribution in [3.63, 3.8) is 0 Å². The van der Waals surface area contributed by atoms with E-state index in [0.717, 1.165) is 43.7 Å². The maximum absolute atomic E-state index is 12.4. The molecule has 1 saturated heterocycles.